The second kappa shape index (κ2) is 7.85. The Bertz CT molecular complexity index is 965. The van der Waals surface area contributed by atoms with Crippen LogP contribution >= 0.6 is 0 Å². The van der Waals surface area contributed by atoms with Crippen LogP contribution in [-0.2, 0) is 4.84 Å². The Labute approximate surface area is 149 Å². The topological polar surface area (TPSA) is 104 Å². The number of ether oxygens (including phenoxy) is 1. The maximum atomic E-state index is 10.1. The van der Waals surface area contributed by atoms with Crippen molar-refractivity contribution in [3.63, 3.8) is 0 Å². The van der Waals surface area contributed by atoms with Gasteiger partial charge in [-0.3, -0.25) is 0 Å². The van der Waals surface area contributed by atoms with E-state index in [1.165, 1.54) is 6.21 Å². The maximum absolute atomic E-state index is 10.1. The Kier molecular flexibility index (Phi) is 5.15. The van der Waals surface area contributed by atoms with Crippen LogP contribution in [0.5, 0.6) is 5.75 Å². The molecule has 2 aromatic carbocycles. The SMILES string of the molecule is COc1ccc(/C=N/OC/C(O)=C(\C#N)c2nc3ccccc3[nH]2)cc1. The van der Waals surface area contributed by atoms with E-state index in [4.69, 9.17) is 9.57 Å². The third kappa shape index (κ3) is 3.82. The van der Waals surface area contributed by atoms with Gasteiger partial charge in [-0.1, -0.05) is 17.3 Å². The first-order chi connectivity index (χ1) is 12.7. The van der Waals surface area contributed by atoms with Gasteiger partial charge in [-0.2, -0.15) is 5.26 Å². The molecule has 0 bridgehead atoms. The number of hydrogen-bond donors (Lipinski definition) is 2. The molecule has 0 fully saturated rings. The fourth-order valence-electron chi connectivity index (χ4n) is 2.28. The summed E-state index contributed by atoms with van der Waals surface area (Å²) in [5.41, 5.74) is 2.32. The number of aliphatic hydroxyl groups excluding tert-OH is 1. The van der Waals surface area contributed by atoms with Crippen LogP contribution in [0, 0.1) is 11.3 Å². The van der Waals surface area contributed by atoms with E-state index >= 15 is 0 Å². The van der Waals surface area contributed by atoms with Gasteiger partial charge in [-0.05, 0) is 42.0 Å². The zero-order chi connectivity index (χ0) is 18.4. The summed E-state index contributed by atoms with van der Waals surface area (Å²) in [7, 11) is 1.59. The van der Waals surface area contributed by atoms with Crippen LogP contribution in [0.15, 0.2) is 59.4 Å². The van der Waals surface area contributed by atoms with Gasteiger partial charge in [-0.25, -0.2) is 4.98 Å². The van der Waals surface area contributed by atoms with Crippen molar-refractivity contribution >= 4 is 22.8 Å². The number of aliphatic hydroxyl groups is 1. The van der Waals surface area contributed by atoms with E-state index in [0.29, 0.717) is 5.52 Å². The zero-order valence-electron chi connectivity index (χ0n) is 14.0. The van der Waals surface area contributed by atoms with Crippen LogP contribution in [0.2, 0.25) is 0 Å². The third-order valence-corrected chi connectivity index (χ3v) is 3.62. The number of para-hydroxylation sites is 2. The molecule has 0 radical (unpaired) electrons. The first kappa shape index (κ1) is 17.0. The molecular formula is C19H16N4O3. The van der Waals surface area contributed by atoms with Gasteiger partial charge in [0.25, 0.3) is 0 Å². The number of nitriles is 1. The molecule has 3 rings (SSSR count). The number of H-pyrrole nitrogens is 1. The fraction of sp³-hybridized carbons (Fsp3) is 0.105. The molecule has 0 amide bonds. The van der Waals surface area contributed by atoms with Crippen molar-refractivity contribution in [2.75, 3.05) is 13.7 Å². The molecular weight excluding hydrogens is 332 g/mol. The highest BCUT2D eigenvalue weighted by Gasteiger charge is 2.13. The maximum Gasteiger partial charge on any atom is 0.175 e. The van der Waals surface area contributed by atoms with Crippen LogP contribution in [0.1, 0.15) is 11.4 Å². The van der Waals surface area contributed by atoms with Gasteiger partial charge >= 0.3 is 0 Å². The van der Waals surface area contributed by atoms with Crippen LogP contribution < -0.4 is 4.74 Å². The van der Waals surface area contributed by atoms with E-state index in [9.17, 15) is 10.4 Å². The molecule has 3 aromatic rings. The first-order valence-electron chi connectivity index (χ1n) is 7.78. The number of methoxy groups -OCH3 is 1. The average molecular weight is 348 g/mol. The number of benzene rings is 2. The molecule has 7 nitrogen and oxygen atoms in total. The van der Waals surface area contributed by atoms with Gasteiger partial charge in [0.15, 0.2) is 18.2 Å². The minimum atomic E-state index is -0.251. The Balaban J connectivity index is 1.68. The van der Waals surface area contributed by atoms with Gasteiger partial charge in [0.05, 0.1) is 24.4 Å². The summed E-state index contributed by atoms with van der Waals surface area (Å²) in [5.74, 6) is 0.778. The van der Waals surface area contributed by atoms with E-state index in [1.807, 2.05) is 42.5 Å². The number of nitrogens with one attached hydrogen (secondary N) is 1. The van der Waals surface area contributed by atoms with E-state index < -0.39 is 0 Å². The highest BCUT2D eigenvalue weighted by atomic mass is 16.6. The van der Waals surface area contributed by atoms with Gasteiger partial charge in [0.1, 0.15) is 17.4 Å². The summed E-state index contributed by atoms with van der Waals surface area (Å²) in [6, 6.07) is 16.5. The number of aromatic amines is 1. The number of oxime groups is 1. The number of fused-ring (bicyclic) bond motifs is 1. The number of imidazole rings is 1. The van der Waals surface area contributed by atoms with Gasteiger partial charge in [0.2, 0.25) is 0 Å². The van der Waals surface area contributed by atoms with Crippen molar-refractivity contribution in [2.24, 2.45) is 5.16 Å². The number of hydrogen-bond acceptors (Lipinski definition) is 6. The van der Waals surface area contributed by atoms with Gasteiger partial charge < -0.3 is 19.7 Å². The first-order valence-corrected chi connectivity index (χ1v) is 7.78. The van der Waals surface area contributed by atoms with Crippen LogP contribution in [0.25, 0.3) is 16.6 Å². The summed E-state index contributed by atoms with van der Waals surface area (Å²) in [4.78, 5) is 12.4. The molecule has 0 aliphatic heterocycles. The molecule has 0 unspecified atom stereocenters. The molecule has 0 saturated carbocycles. The second-order valence-corrected chi connectivity index (χ2v) is 5.32. The van der Waals surface area contributed by atoms with E-state index in [2.05, 4.69) is 15.1 Å². The van der Waals surface area contributed by atoms with Gasteiger partial charge in [-0.15, -0.1) is 0 Å². The van der Waals surface area contributed by atoms with Crippen LogP contribution in [0.4, 0.5) is 0 Å². The number of allylic oxidation sites excluding steroid dienone is 1. The van der Waals surface area contributed by atoms with Crippen molar-refractivity contribution in [1.29, 1.82) is 5.26 Å². The quantitative estimate of drug-likeness (QED) is 0.307. The molecule has 7 heteroatoms. The minimum Gasteiger partial charge on any atom is -0.507 e. The smallest absolute Gasteiger partial charge is 0.175 e. The Hall–Kier alpha value is -3.79. The zero-order valence-corrected chi connectivity index (χ0v) is 14.0. The van der Waals surface area contributed by atoms with Crippen LogP contribution in [-0.4, -0.2) is 35.0 Å². The van der Waals surface area contributed by atoms with Crippen molar-refractivity contribution in [2.45, 2.75) is 0 Å². The van der Waals surface area contributed by atoms with E-state index in [-0.39, 0.29) is 23.8 Å². The van der Waals surface area contributed by atoms with Crippen molar-refractivity contribution in [3.05, 3.63) is 65.7 Å². The lowest BCUT2D eigenvalue weighted by Gasteiger charge is -2.01. The normalized spacial score (nSPS) is 12.0. The summed E-state index contributed by atoms with van der Waals surface area (Å²) in [6.07, 6.45) is 1.50. The molecule has 0 atom stereocenters. The molecule has 130 valence electrons. The summed E-state index contributed by atoms with van der Waals surface area (Å²) >= 11 is 0. The molecule has 1 heterocycles. The summed E-state index contributed by atoms with van der Waals surface area (Å²) in [5, 5.41) is 23.3. The van der Waals surface area contributed by atoms with Crippen molar-refractivity contribution in [3.8, 4) is 11.8 Å². The van der Waals surface area contributed by atoms with Crippen LogP contribution in [0.3, 0.4) is 0 Å². The predicted octanol–water partition coefficient (Wildman–Crippen LogP) is 3.41. The number of rotatable bonds is 6. The van der Waals surface area contributed by atoms with Crippen molar-refractivity contribution in [1.82, 2.24) is 9.97 Å². The summed E-state index contributed by atoms with van der Waals surface area (Å²) < 4.78 is 5.07. The lowest BCUT2D eigenvalue weighted by Crippen LogP contribution is -1.99. The largest absolute Gasteiger partial charge is 0.507 e. The molecule has 0 spiro atoms. The van der Waals surface area contributed by atoms with Crippen molar-refractivity contribution < 1.29 is 14.7 Å². The Morgan fingerprint density at radius 2 is 2.04 bits per heavy atom. The summed E-state index contributed by atoms with van der Waals surface area (Å²) in [6.45, 7) is -0.243. The average Bonchev–Trinajstić information content (AvgIpc) is 3.10. The molecule has 0 aliphatic rings. The molecule has 0 aliphatic carbocycles. The number of nitrogens with zero attached hydrogens (tertiary/aromatic N) is 3. The Morgan fingerprint density at radius 3 is 2.73 bits per heavy atom. The molecule has 0 saturated heterocycles. The molecule has 1 aromatic heterocycles. The van der Waals surface area contributed by atoms with Gasteiger partial charge in [0, 0.05) is 0 Å². The lowest BCUT2D eigenvalue weighted by molar-refractivity contribution is 0.139. The molecule has 26 heavy (non-hydrogen) atoms. The minimum absolute atomic E-state index is 0.0147. The monoisotopic (exact) mass is 348 g/mol. The predicted molar refractivity (Wildman–Crippen MR) is 97.8 cm³/mol. The highest BCUT2D eigenvalue weighted by Crippen LogP contribution is 2.18. The van der Waals surface area contributed by atoms with E-state index in [1.54, 1.807) is 19.2 Å². The second-order valence-electron chi connectivity index (χ2n) is 5.32. The third-order valence-electron chi connectivity index (χ3n) is 3.62. The Morgan fingerprint density at radius 1 is 1.27 bits per heavy atom. The highest BCUT2D eigenvalue weighted by molar-refractivity contribution is 5.82. The molecule has 2 N–H and O–H groups in total. The standard InChI is InChI=1S/C19H16N4O3/c1-25-14-8-6-13(7-9-14)11-21-26-12-18(24)15(10-20)19-22-16-4-2-3-5-17(16)23-19/h2-9,11,24H,12H2,1H3,(H,22,23)/b18-15-,21-11+. The lowest BCUT2D eigenvalue weighted by atomic mass is 10.2. The fourth-order valence-corrected chi connectivity index (χ4v) is 2.28. The number of aromatic nitrogens is 2. The van der Waals surface area contributed by atoms with E-state index in [0.717, 1.165) is 16.8 Å².